The van der Waals surface area contributed by atoms with Crippen molar-refractivity contribution < 1.29 is 24.6 Å². The van der Waals surface area contributed by atoms with Gasteiger partial charge in [0.1, 0.15) is 18.3 Å². The summed E-state index contributed by atoms with van der Waals surface area (Å²) in [6, 6.07) is 5.03. The molecule has 3 N–H and O–H groups in total. The van der Waals surface area contributed by atoms with E-state index in [-0.39, 0.29) is 17.6 Å². The van der Waals surface area contributed by atoms with Crippen molar-refractivity contribution in [2.75, 3.05) is 11.4 Å². The van der Waals surface area contributed by atoms with Crippen LogP contribution in [0.1, 0.15) is 20.8 Å². The molecule has 2 amide bonds. The van der Waals surface area contributed by atoms with Crippen molar-refractivity contribution in [3.63, 3.8) is 0 Å². The highest BCUT2D eigenvalue weighted by Gasteiger charge is 2.32. The molecule has 0 saturated heterocycles. The first kappa shape index (κ1) is 17.5. The molecule has 0 aliphatic rings. The highest BCUT2D eigenvalue weighted by Crippen LogP contribution is 2.24. The molecular formula is C15H20N2O5. The number of rotatable bonds is 6. The molecule has 7 nitrogen and oxygen atoms in total. The number of hydrogen-bond donors (Lipinski definition) is 3. The van der Waals surface area contributed by atoms with Gasteiger partial charge < -0.3 is 15.5 Å². The summed E-state index contributed by atoms with van der Waals surface area (Å²) in [7, 11) is 0. The topological polar surface area (TPSA) is 107 Å². The second-order valence-electron chi connectivity index (χ2n) is 5.21. The lowest BCUT2D eigenvalue weighted by Gasteiger charge is -2.32. The Hall–Kier alpha value is -2.57. The first-order chi connectivity index (χ1) is 10.2. The fourth-order valence-electron chi connectivity index (χ4n) is 2.14. The molecule has 1 aromatic rings. The number of aromatic hydroxyl groups is 1. The number of anilines is 1. The van der Waals surface area contributed by atoms with E-state index < -0.39 is 24.5 Å². The van der Waals surface area contributed by atoms with Crippen LogP contribution in [0.25, 0.3) is 0 Å². The van der Waals surface area contributed by atoms with Crippen LogP contribution in [0.3, 0.4) is 0 Å². The van der Waals surface area contributed by atoms with Gasteiger partial charge in [0.15, 0.2) is 0 Å². The van der Waals surface area contributed by atoms with Gasteiger partial charge in [-0.05, 0) is 30.2 Å². The summed E-state index contributed by atoms with van der Waals surface area (Å²) in [6.07, 6.45) is 0. The molecule has 0 spiro atoms. The Bertz CT molecular complexity index is 554. The highest BCUT2D eigenvalue weighted by molar-refractivity contribution is 6.00. The number of amides is 2. The lowest BCUT2D eigenvalue weighted by molar-refractivity contribution is -0.138. The number of phenolic OH excluding ortho intramolecular Hbond substituents is 1. The molecule has 1 rings (SSSR count). The molecule has 0 radical (unpaired) electrons. The van der Waals surface area contributed by atoms with Crippen molar-refractivity contribution in [2.24, 2.45) is 5.92 Å². The van der Waals surface area contributed by atoms with Crippen LogP contribution >= 0.6 is 0 Å². The third-order valence-corrected chi connectivity index (χ3v) is 3.06. The number of phenols is 1. The van der Waals surface area contributed by atoms with Gasteiger partial charge in [0.05, 0.1) is 0 Å². The van der Waals surface area contributed by atoms with Gasteiger partial charge in [0, 0.05) is 12.6 Å². The Balaban J connectivity index is 3.12. The largest absolute Gasteiger partial charge is 0.508 e. The van der Waals surface area contributed by atoms with E-state index in [1.165, 1.54) is 36.1 Å². The molecule has 0 fully saturated rings. The van der Waals surface area contributed by atoms with Crippen molar-refractivity contribution in [3.8, 4) is 5.75 Å². The summed E-state index contributed by atoms with van der Waals surface area (Å²) < 4.78 is 0. The summed E-state index contributed by atoms with van der Waals surface area (Å²) in [5.41, 5.74) is 0.453. The minimum atomic E-state index is -1.16. The van der Waals surface area contributed by atoms with Crippen LogP contribution in [-0.4, -0.2) is 40.6 Å². The maximum absolute atomic E-state index is 12.3. The SMILES string of the molecule is CC(=O)N(c1ccc(O)cc1)[C@H](C(=O)NCC(=O)O)C(C)C. The monoisotopic (exact) mass is 308 g/mol. The van der Waals surface area contributed by atoms with E-state index in [1.807, 2.05) is 0 Å². The van der Waals surface area contributed by atoms with Crippen LogP contribution in [0.5, 0.6) is 5.75 Å². The second kappa shape index (κ2) is 7.44. The Labute approximate surface area is 128 Å². The zero-order chi connectivity index (χ0) is 16.9. The molecule has 0 bridgehead atoms. The van der Waals surface area contributed by atoms with Crippen LogP contribution in [0.15, 0.2) is 24.3 Å². The number of benzene rings is 1. The van der Waals surface area contributed by atoms with E-state index in [2.05, 4.69) is 5.32 Å². The smallest absolute Gasteiger partial charge is 0.322 e. The average molecular weight is 308 g/mol. The van der Waals surface area contributed by atoms with Gasteiger partial charge in [-0.2, -0.15) is 0 Å². The second-order valence-corrected chi connectivity index (χ2v) is 5.21. The van der Waals surface area contributed by atoms with E-state index in [9.17, 15) is 19.5 Å². The van der Waals surface area contributed by atoms with Gasteiger partial charge in [-0.3, -0.25) is 19.3 Å². The van der Waals surface area contributed by atoms with Crippen LogP contribution in [0.2, 0.25) is 0 Å². The summed E-state index contributed by atoms with van der Waals surface area (Å²) in [6.45, 7) is 4.35. The molecule has 0 aromatic heterocycles. The van der Waals surface area contributed by atoms with Crippen LogP contribution in [0.4, 0.5) is 5.69 Å². The first-order valence-electron chi connectivity index (χ1n) is 6.82. The quantitative estimate of drug-likeness (QED) is 0.726. The van der Waals surface area contributed by atoms with Crippen LogP contribution in [0, 0.1) is 5.92 Å². The Morgan fingerprint density at radius 3 is 2.14 bits per heavy atom. The van der Waals surface area contributed by atoms with Crippen LogP contribution in [-0.2, 0) is 14.4 Å². The Morgan fingerprint density at radius 2 is 1.73 bits per heavy atom. The van der Waals surface area contributed by atoms with Crippen molar-refractivity contribution in [1.29, 1.82) is 0 Å². The van der Waals surface area contributed by atoms with E-state index in [1.54, 1.807) is 13.8 Å². The molecule has 7 heteroatoms. The molecule has 0 heterocycles. The van der Waals surface area contributed by atoms with E-state index in [0.29, 0.717) is 5.69 Å². The Kier molecular flexibility index (Phi) is 5.91. The molecule has 1 atom stereocenters. The molecule has 22 heavy (non-hydrogen) atoms. The maximum atomic E-state index is 12.3. The number of carbonyl (C=O) groups is 3. The minimum Gasteiger partial charge on any atom is -0.508 e. The number of hydrogen-bond acceptors (Lipinski definition) is 4. The fourth-order valence-corrected chi connectivity index (χ4v) is 2.14. The van der Waals surface area contributed by atoms with Gasteiger partial charge in [-0.15, -0.1) is 0 Å². The first-order valence-corrected chi connectivity index (χ1v) is 6.82. The molecule has 120 valence electrons. The average Bonchev–Trinajstić information content (AvgIpc) is 2.42. The van der Waals surface area contributed by atoms with Crippen LogP contribution < -0.4 is 10.2 Å². The lowest BCUT2D eigenvalue weighted by atomic mass is 10.0. The van der Waals surface area contributed by atoms with Gasteiger partial charge in [-0.1, -0.05) is 13.8 Å². The highest BCUT2D eigenvalue weighted by atomic mass is 16.4. The van der Waals surface area contributed by atoms with E-state index in [4.69, 9.17) is 5.11 Å². The van der Waals surface area contributed by atoms with E-state index >= 15 is 0 Å². The number of carboxylic acids is 1. The van der Waals surface area contributed by atoms with Crippen molar-refractivity contribution in [1.82, 2.24) is 5.32 Å². The fraction of sp³-hybridized carbons (Fsp3) is 0.400. The molecule has 0 saturated carbocycles. The zero-order valence-electron chi connectivity index (χ0n) is 12.7. The molecule has 1 aromatic carbocycles. The normalized spacial score (nSPS) is 11.8. The maximum Gasteiger partial charge on any atom is 0.322 e. The molecule has 0 aliphatic heterocycles. The number of nitrogens with one attached hydrogen (secondary N) is 1. The van der Waals surface area contributed by atoms with Gasteiger partial charge >= 0.3 is 5.97 Å². The summed E-state index contributed by atoms with van der Waals surface area (Å²) in [4.78, 5) is 36.1. The van der Waals surface area contributed by atoms with Crippen molar-refractivity contribution in [3.05, 3.63) is 24.3 Å². The predicted molar refractivity (Wildman–Crippen MR) is 80.5 cm³/mol. The zero-order valence-corrected chi connectivity index (χ0v) is 12.7. The minimum absolute atomic E-state index is 0.0451. The summed E-state index contributed by atoms with van der Waals surface area (Å²) in [5.74, 6) is -2.24. The summed E-state index contributed by atoms with van der Waals surface area (Å²) in [5, 5.41) is 20.3. The third-order valence-electron chi connectivity index (χ3n) is 3.06. The molecule has 0 unspecified atom stereocenters. The number of carboxylic acid groups (broad SMARTS) is 1. The lowest BCUT2D eigenvalue weighted by Crippen LogP contribution is -2.52. The molecular weight excluding hydrogens is 288 g/mol. The number of aliphatic carboxylic acids is 1. The number of carbonyl (C=O) groups excluding carboxylic acids is 2. The van der Waals surface area contributed by atoms with Crippen molar-refractivity contribution in [2.45, 2.75) is 26.8 Å². The van der Waals surface area contributed by atoms with Gasteiger partial charge in [0.2, 0.25) is 11.8 Å². The van der Waals surface area contributed by atoms with Crippen molar-refractivity contribution >= 4 is 23.5 Å². The number of nitrogens with zero attached hydrogens (tertiary/aromatic N) is 1. The summed E-state index contributed by atoms with van der Waals surface area (Å²) >= 11 is 0. The molecule has 0 aliphatic carbocycles. The van der Waals surface area contributed by atoms with Gasteiger partial charge in [0.25, 0.3) is 0 Å². The standard InChI is InChI=1S/C15H20N2O5/c1-9(2)14(15(22)16-8-13(20)21)17(10(3)18)11-4-6-12(19)7-5-11/h4-7,9,14,19H,8H2,1-3H3,(H,16,22)(H,20,21)/t14-/m0/s1. The van der Waals surface area contributed by atoms with Gasteiger partial charge in [-0.25, -0.2) is 0 Å². The third kappa shape index (κ3) is 4.47. The van der Waals surface area contributed by atoms with E-state index in [0.717, 1.165) is 0 Å². The predicted octanol–water partition coefficient (Wildman–Crippen LogP) is 0.970. The Morgan fingerprint density at radius 1 is 1.18 bits per heavy atom.